The molecule has 0 radical (unpaired) electrons. The maximum atomic E-state index is 11.1. The van der Waals surface area contributed by atoms with Crippen molar-refractivity contribution in [2.45, 2.75) is 19.1 Å². The highest BCUT2D eigenvalue weighted by atomic mass is 16.5. The lowest BCUT2D eigenvalue weighted by Gasteiger charge is -2.15. The van der Waals surface area contributed by atoms with Gasteiger partial charge in [0.05, 0.1) is 6.61 Å². The van der Waals surface area contributed by atoms with Crippen LogP contribution in [0, 0.1) is 0 Å². The number of aliphatic hydroxyl groups excluding tert-OH is 2. The Morgan fingerprint density at radius 2 is 2.33 bits per heavy atom. The summed E-state index contributed by atoms with van der Waals surface area (Å²) in [7, 11) is 1.66. The number of carbonyl (C=O) groups is 1. The molecule has 0 aromatic carbocycles. The first-order chi connectivity index (χ1) is 7.07. The molecule has 2 atom stereocenters. The van der Waals surface area contributed by atoms with E-state index in [2.05, 4.69) is 9.72 Å². The van der Waals surface area contributed by atoms with Gasteiger partial charge in [-0.2, -0.15) is 0 Å². The van der Waals surface area contributed by atoms with Gasteiger partial charge >= 0.3 is 5.97 Å². The topological polar surface area (TPSA) is 84.6 Å². The molecule has 1 aromatic rings. The van der Waals surface area contributed by atoms with Crippen LogP contribution in [-0.2, 0) is 16.6 Å². The number of ether oxygens (including phenoxy) is 1. The monoisotopic (exact) mass is 214 g/mol. The number of aromatic nitrogens is 2. The summed E-state index contributed by atoms with van der Waals surface area (Å²) in [6, 6.07) is 0. The number of carbonyl (C=O) groups excluding carboxylic acids is 1. The Kier molecular flexibility index (Phi) is 3.81. The van der Waals surface area contributed by atoms with E-state index in [1.807, 2.05) is 0 Å². The third kappa shape index (κ3) is 2.54. The van der Waals surface area contributed by atoms with E-state index in [0.29, 0.717) is 0 Å². The highest BCUT2D eigenvalue weighted by Crippen LogP contribution is 2.15. The van der Waals surface area contributed by atoms with Crippen LogP contribution in [0.5, 0.6) is 0 Å². The van der Waals surface area contributed by atoms with E-state index in [1.54, 1.807) is 20.2 Å². The molecule has 1 heterocycles. The van der Waals surface area contributed by atoms with Crippen molar-refractivity contribution < 1.29 is 19.7 Å². The van der Waals surface area contributed by atoms with Crippen molar-refractivity contribution in [3.63, 3.8) is 0 Å². The average molecular weight is 214 g/mol. The highest BCUT2D eigenvalue weighted by Gasteiger charge is 2.29. The van der Waals surface area contributed by atoms with Crippen LogP contribution in [0.25, 0.3) is 0 Å². The second-order valence-corrected chi connectivity index (χ2v) is 3.04. The van der Waals surface area contributed by atoms with Gasteiger partial charge in [-0.15, -0.1) is 0 Å². The van der Waals surface area contributed by atoms with Gasteiger partial charge in [-0.3, -0.25) is 0 Å². The molecule has 0 spiro atoms. The maximum Gasteiger partial charge on any atom is 0.338 e. The molecule has 0 saturated heterocycles. The minimum Gasteiger partial charge on any atom is -0.464 e. The Morgan fingerprint density at radius 3 is 2.80 bits per heavy atom. The zero-order valence-electron chi connectivity index (χ0n) is 8.62. The molecule has 6 nitrogen and oxygen atoms in total. The summed E-state index contributed by atoms with van der Waals surface area (Å²) in [5.41, 5.74) is 0. The van der Waals surface area contributed by atoms with Crippen LogP contribution in [0.15, 0.2) is 12.4 Å². The first-order valence-corrected chi connectivity index (χ1v) is 4.58. The molecule has 1 rings (SSSR count). The quantitative estimate of drug-likeness (QED) is 0.652. The first kappa shape index (κ1) is 11.7. The normalized spacial score (nSPS) is 14.7. The van der Waals surface area contributed by atoms with Crippen molar-refractivity contribution in [2.75, 3.05) is 6.61 Å². The van der Waals surface area contributed by atoms with E-state index >= 15 is 0 Å². The second-order valence-electron chi connectivity index (χ2n) is 3.04. The Morgan fingerprint density at radius 1 is 1.67 bits per heavy atom. The number of hydrogen-bond acceptors (Lipinski definition) is 5. The number of hydrogen-bond donors (Lipinski definition) is 2. The number of imidazole rings is 1. The molecule has 0 amide bonds. The SMILES string of the molecule is CCOC(=O)C(O)C(O)c1nccn1C. The van der Waals surface area contributed by atoms with E-state index < -0.39 is 18.2 Å². The lowest BCUT2D eigenvalue weighted by Crippen LogP contribution is -2.31. The second kappa shape index (κ2) is 4.90. The molecule has 84 valence electrons. The van der Waals surface area contributed by atoms with Gasteiger partial charge in [-0.05, 0) is 6.92 Å². The summed E-state index contributed by atoms with van der Waals surface area (Å²) in [5, 5.41) is 19.1. The van der Waals surface area contributed by atoms with E-state index in [9.17, 15) is 15.0 Å². The molecule has 1 aromatic heterocycles. The van der Waals surface area contributed by atoms with Crippen molar-refractivity contribution in [1.82, 2.24) is 9.55 Å². The molecular weight excluding hydrogens is 200 g/mol. The van der Waals surface area contributed by atoms with Gasteiger partial charge < -0.3 is 19.5 Å². The van der Waals surface area contributed by atoms with Crippen molar-refractivity contribution >= 4 is 5.97 Å². The minimum absolute atomic E-state index is 0.156. The molecule has 15 heavy (non-hydrogen) atoms. The van der Waals surface area contributed by atoms with E-state index in [4.69, 9.17) is 0 Å². The van der Waals surface area contributed by atoms with Crippen LogP contribution in [0.3, 0.4) is 0 Å². The predicted molar refractivity (Wildman–Crippen MR) is 50.8 cm³/mol. The van der Waals surface area contributed by atoms with Gasteiger partial charge in [-0.1, -0.05) is 0 Å². The molecule has 0 aliphatic rings. The van der Waals surface area contributed by atoms with E-state index in [-0.39, 0.29) is 12.4 Å². The highest BCUT2D eigenvalue weighted by molar-refractivity contribution is 5.75. The van der Waals surface area contributed by atoms with Crippen LogP contribution in [-0.4, -0.2) is 38.4 Å². The smallest absolute Gasteiger partial charge is 0.338 e. The summed E-state index contributed by atoms with van der Waals surface area (Å²) in [4.78, 5) is 14.9. The van der Waals surface area contributed by atoms with E-state index in [0.717, 1.165) is 0 Å². The Labute approximate surface area is 87.1 Å². The van der Waals surface area contributed by atoms with Gasteiger partial charge in [0, 0.05) is 19.4 Å². The standard InChI is InChI=1S/C9H14N2O4/c1-3-15-9(14)7(13)6(12)8-10-4-5-11(8)2/h4-7,12-13H,3H2,1-2H3. The number of rotatable bonds is 4. The van der Waals surface area contributed by atoms with Crippen molar-refractivity contribution in [3.05, 3.63) is 18.2 Å². The molecule has 0 saturated carbocycles. The van der Waals surface area contributed by atoms with Crippen LogP contribution in [0.2, 0.25) is 0 Å². The van der Waals surface area contributed by atoms with Gasteiger partial charge in [0.1, 0.15) is 11.9 Å². The number of aliphatic hydroxyl groups is 2. The number of esters is 1. The molecule has 0 bridgehead atoms. The minimum atomic E-state index is -1.61. The first-order valence-electron chi connectivity index (χ1n) is 4.58. The Bertz CT molecular complexity index is 337. The summed E-state index contributed by atoms with van der Waals surface area (Å²) in [5.74, 6) is -0.636. The molecule has 0 fully saturated rings. The fourth-order valence-corrected chi connectivity index (χ4v) is 1.16. The molecule has 0 aliphatic carbocycles. The van der Waals surface area contributed by atoms with Gasteiger partial charge in [0.15, 0.2) is 6.10 Å². The number of nitrogens with zero attached hydrogens (tertiary/aromatic N) is 2. The molecule has 2 N–H and O–H groups in total. The molecular formula is C9H14N2O4. The molecule has 2 unspecified atom stereocenters. The average Bonchev–Trinajstić information content (AvgIpc) is 2.62. The summed E-state index contributed by atoms with van der Waals surface area (Å²) >= 11 is 0. The van der Waals surface area contributed by atoms with Gasteiger partial charge in [0.2, 0.25) is 0 Å². The summed E-state index contributed by atoms with van der Waals surface area (Å²) in [6.45, 7) is 1.78. The van der Waals surface area contributed by atoms with Crippen molar-refractivity contribution in [1.29, 1.82) is 0 Å². The fraction of sp³-hybridized carbons (Fsp3) is 0.556. The summed E-state index contributed by atoms with van der Waals surface area (Å²) in [6.07, 6.45) is 0.0995. The third-order valence-corrected chi connectivity index (χ3v) is 1.95. The zero-order chi connectivity index (χ0) is 11.4. The predicted octanol–water partition coefficient (Wildman–Crippen LogP) is -0.623. The van der Waals surface area contributed by atoms with Crippen LogP contribution < -0.4 is 0 Å². The number of aryl methyl sites for hydroxylation is 1. The van der Waals surface area contributed by atoms with Crippen molar-refractivity contribution in [2.24, 2.45) is 7.05 Å². The maximum absolute atomic E-state index is 11.1. The Balaban J connectivity index is 2.72. The zero-order valence-corrected chi connectivity index (χ0v) is 8.62. The lowest BCUT2D eigenvalue weighted by molar-refractivity contribution is -0.159. The largest absolute Gasteiger partial charge is 0.464 e. The van der Waals surface area contributed by atoms with Crippen LogP contribution in [0.1, 0.15) is 18.9 Å². The summed E-state index contributed by atoms with van der Waals surface area (Å²) < 4.78 is 6.10. The van der Waals surface area contributed by atoms with Crippen LogP contribution in [0.4, 0.5) is 0 Å². The fourth-order valence-electron chi connectivity index (χ4n) is 1.16. The molecule has 6 heteroatoms. The lowest BCUT2D eigenvalue weighted by atomic mass is 10.2. The van der Waals surface area contributed by atoms with Gasteiger partial charge in [-0.25, -0.2) is 9.78 Å². The molecule has 0 aliphatic heterocycles. The van der Waals surface area contributed by atoms with Gasteiger partial charge in [0.25, 0.3) is 0 Å². The Hall–Kier alpha value is -1.40. The van der Waals surface area contributed by atoms with Crippen LogP contribution >= 0.6 is 0 Å². The third-order valence-electron chi connectivity index (χ3n) is 1.95. The van der Waals surface area contributed by atoms with Crippen molar-refractivity contribution in [3.8, 4) is 0 Å². The van der Waals surface area contributed by atoms with E-state index in [1.165, 1.54) is 10.8 Å².